The number of amides is 1. The summed E-state index contributed by atoms with van der Waals surface area (Å²) in [5.41, 5.74) is 1.58. The van der Waals surface area contributed by atoms with Crippen molar-refractivity contribution in [3.05, 3.63) is 17.5 Å². The van der Waals surface area contributed by atoms with Crippen LogP contribution in [0.3, 0.4) is 0 Å². The third-order valence-corrected chi connectivity index (χ3v) is 4.14. The van der Waals surface area contributed by atoms with E-state index >= 15 is 0 Å². The Labute approximate surface area is 133 Å². The Kier molecular flexibility index (Phi) is 7.18. The fourth-order valence-electron chi connectivity index (χ4n) is 2.68. The van der Waals surface area contributed by atoms with Gasteiger partial charge in [0.05, 0.1) is 0 Å². The SMILES string of the molecule is CNCCC1CCN(C(=O)c2cc(C(C)C)[nH]n2)CC1.Cl. The first kappa shape index (κ1) is 18.0. The van der Waals surface area contributed by atoms with Gasteiger partial charge in [0, 0.05) is 18.8 Å². The summed E-state index contributed by atoms with van der Waals surface area (Å²) in [6.45, 7) is 6.97. The molecule has 0 bridgehead atoms. The molecule has 1 saturated heterocycles. The standard InChI is InChI=1S/C15H26N4O.ClH/c1-11(2)13-10-14(18-17-13)15(20)19-8-5-12(6-9-19)4-7-16-3;/h10-12,16H,4-9H2,1-3H3,(H,17,18);1H. The van der Waals surface area contributed by atoms with Crippen molar-refractivity contribution in [1.29, 1.82) is 0 Å². The Morgan fingerprint density at radius 2 is 2.14 bits per heavy atom. The number of rotatable bonds is 5. The maximum absolute atomic E-state index is 12.4. The first-order valence-electron chi connectivity index (χ1n) is 7.61. The molecule has 120 valence electrons. The molecule has 2 heterocycles. The second-order valence-corrected chi connectivity index (χ2v) is 5.99. The van der Waals surface area contributed by atoms with Crippen LogP contribution in [0.5, 0.6) is 0 Å². The molecule has 21 heavy (non-hydrogen) atoms. The van der Waals surface area contributed by atoms with Crippen LogP contribution in [0.25, 0.3) is 0 Å². The van der Waals surface area contributed by atoms with Crippen LogP contribution in [0.15, 0.2) is 6.07 Å². The Morgan fingerprint density at radius 1 is 1.48 bits per heavy atom. The van der Waals surface area contributed by atoms with Crippen molar-refractivity contribution in [3.63, 3.8) is 0 Å². The predicted molar refractivity (Wildman–Crippen MR) is 87.1 cm³/mol. The fourth-order valence-corrected chi connectivity index (χ4v) is 2.68. The summed E-state index contributed by atoms with van der Waals surface area (Å²) in [6.07, 6.45) is 3.42. The number of carbonyl (C=O) groups excluding carboxylic acids is 1. The summed E-state index contributed by atoms with van der Waals surface area (Å²) in [6, 6.07) is 1.89. The van der Waals surface area contributed by atoms with Crippen LogP contribution in [-0.2, 0) is 0 Å². The second-order valence-electron chi connectivity index (χ2n) is 5.99. The number of H-pyrrole nitrogens is 1. The average molecular weight is 315 g/mol. The molecule has 1 aromatic rings. The van der Waals surface area contributed by atoms with E-state index in [9.17, 15) is 4.79 Å². The smallest absolute Gasteiger partial charge is 0.274 e. The molecule has 0 saturated carbocycles. The van der Waals surface area contributed by atoms with E-state index in [2.05, 4.69) is 29.4 Å². The van der Waals surface area contributed by atoms with E-state index in [0.29, 0.717) is 11.6 Å². The third-order valence-electron chi connectivity index (χ3n) is 4.14. The van der Waals surface area contributed by atoms with Crippen LogP contribution in [0.4, 0.5) is 0 Å². The molecule has 0 radical (unpaired) electrons. The minimum Gasteiger partial charge on any atom is -0.337 e. The molecule has 5 nitrogen and oxygen atoms in total. The Bertz CT molecular complexity index is 439. The van der Waals surface area contributed by atoms with Crippen molar-refractivity contribution in [2.75, 3.05) is 26.7 Å². The number of piperidine rings is 1. The Hall–Kier alpha value is -1.07. The van der Waals surface area contributed by atoms with E-state index < -0.39 is 0 Å². The van der Waals surface area contributed by atoms with E-state index in [-0.39, 0.29) is 18.3 Å². The van der Waals surface area contributed by atoms with Gasteiger partial charge in [0.25, 0.3) is 5.91 Å². The molecule has 0 spiro atoms. The Balaban J connectivity index is 0.00000220. The summed E-state index contributed by atoms with van der Waals surface area (Å²) in [7, 11) is 1.99. The number of aromatic nitrogens is 2. The lowest BCUT2D eigenvalue weighted by atomic mass is 9.93. The van der Waals surface area contributed by atoms with Crippen molar-refractivity contribution >= 4 is 18.3 Å². The molecule has 0 aromatic carbocycles. The van der Waals surface area contributed by atoms with Crippen LogP contribution in [0.1, 0.15) is 55.2 Å². The van der Waals surface area contributed by atoms with E-state index in [0.717, 1.165) is 44.1 Å². The van der Waals surface area contributed by atoms with Gasteiger partial charge in [0.1, 0.15) is 5.69 Å². The van der Waals surface area contributed by atoms with Crippen molar-refractivity contribution < 1.29 is 4.79 Å². The highest BCUT2D eigenvalue weighted by atomic mass is 35.5. The lowest BCUT2D eigenvalue weighted by molar-refractivity contribution is 0.0681. The number of carbonyl (C=O) groups is 1. The third kappa shape index (κ3) is 4.71. The van der Waals surface area contributed by atoms with Gasteiger partial charge in [-0.05, 0) is 50.8 Å². The number of hydrogen-bond acceptors (Lipinski definition) is 3. The number of hydrogen-bond donors (Lipinski definition) is 2. The van der Waals surface area contributed by atoms with E-state index in [1.54, 1.807) is 0 Å². The summed E-state index contributed by atoms with van der Waals surface area (Å²) < 4.78 is 0. The number of halogens is 1. The van der Waals surface area contributed by atoms with Crippen molar-refractivity contribution in [3.8, 4) is 0 Å². The molecule has 0 aliphatic carbocycles. The summed E-state index contributed by atoms with van der Waals surface area (Å²) in [5, 5.41) is 10.3. The highest BCUT2D eigenvalue weighted by Gasteiger charge is 2.24. The normalized spacial score (nSPS) is 16.1. The molecule has 0 atom stereocenters. The van der Waals surface area contributed by atoms with Gasteiger partial charge in [0.15, 0.2) is 0 Å². The maximum atomic E-state index is 12.4. The summed E-state index contributed by atoms with van der Waals surface area (Å²) in [5.74, 6) is 1.19. The molecule has 2 N–H and O–H groups in total. The number of nitrogens with zero attached hydrogens (tertiary/aromatic N) is 2. The first-order chi connectivity index (χ1) is 9.61. The van der Waals surface area contributed by atoms with Gasteiger partial charge < -0.3 is 10.2 Å². The lowest BCUT2D eigenvalue weighted by Gasteiger charge is -2.31. The molecule has 2 rings (SSSR count). The lowest BCUT2D eigenvalue weighted by Crippen LogP contribution is -2.39. The van der Waals surface area contributed by atoms with Crippen LogP contribution < -0.4 is 5.32 Å². The van der Waals surface area contributed by atoms with Gasteiger partial charge in [-0.3, -0.25) is 9.89 Å². The van der Waals surface area contributed by atoms with Crippen LogP contribution in [-0.4, -0.2) is 47.7 Å². The van der Waals surface area contributed by atoms with Gasteiger partial charge in [-0.1, -0.05) is 13.8 Å². The van der Waals surface area contributed by atoms with Gasteiger partial charge in [0.2, 0.25) is 0 Å². The largest absolute Gasteiger partial charge is 0.337 e. The highest BCUT2D eigenvalue weighted by molar-refractivity contribution is 5.92. The minimum absolute atomic E-state index is 0. The average Bonchev–Trinajstić information content (AvgIpc) is 2.95. The van der Waals surface area contributed by atoms with Crippen molar-refractivity contribution in [2.45, 2.75) is 39.0 Å². The molecular weight excluding hydrogens is 288 g/mol. The van der Waals surface area contributed by atoms with E-state index in [1.807, 2.05) is 18.0 Å². The summed E-state index contributed by atoms with van der Waals surface area (Å²) in [4.78, 5) is 14.3. The molecular formula is C15H27ClN4O. The number of nitrogens with one attached hydrogen (secondary N) is 2. The minimum atomic E-state index is 0. The zero-order valence-electron chi connectivity index (χ0n) is 13.2. The quantitative estimate of drug-likeness (QED) is 0.877. The monoisotopic (exact) mass is 314 g/mol. The maximum Gasteiger partial charge on any atom is 0.274 e. The van der Waals surface area contributed by atoms with Gasteiger partial charge in [-0.25, -0.2) is 0 Å². The van der Waals surface area contributed by atoms with Crippen molar-refractivity contribution in [1.82, 2.24) is 20.4 Å². The first-order valence-corrected chi connectivity index (χ1v) is 7.61. The second kappa shape index (κ2) is 8.39. The molecule has 0 unspecified atom stereocenters. The topological polar surface area (TPSA) is 61.0 Å². The fraction of sp³-hybridized carbons (Fsp3) is 0.733. The zero-order chi connectivity index (χ0) is 14.5. The van der Waals surface area contributed by atoms with Crippen LogP contribution in [0, 0.1) is 5.92 Å². The molecule has 1 aromatic heterocycles. The number of likely N-dealkylation sites (tertiary alicyclic amines) is 1. The Morgan fingerprint density at radius 3 is 2.67 bits per heavy atom. The summed E-state index contributed by atoms with van der Waals surface area (Å²) >= 11 is 0. The van der Waals surface area contributed by atoms with Gasteiger partial charge in [-0.15, -0.1) is 12.4 Å². The predicted octanol–water partition coefficient (Wildman–Crippen LogP) is 2.42. The van der Waals surface area contributed by atoms with Gasteiger partial charge in [-0.2, -0.15) is 5.10 Å². The van der Waals surface area contributed by atoms with Crippen molar-refractivity contribution in [2.24, 2.45) is 5.92 Å². The van der Waals surface area contributed by atoms with Crippen LogP contribution in [0.2, 0.25) is 0 Å². The highest BCUT2D eigenvalue weighted by Crippen LogP contribution is 2.21. The molecule has 1 aliphatic heterocycles. The van der Waals surface area contributed by atoms with E-state index in [4.69, 9.17) is 0 Å². The molecule has 6 heteroatoms. The molecule has 1 amide bonds. The van der Waals surface area contributed by atoms with E-state index in [1.165, 1.54) is 6.42 Å². The van der Waals surface area contributed by atoms with Crippen LogP contribution >= 0.6 is 12.4 Å². The van der Waals surface area contributed by atoms with Gasteiger partial charge >= 0.3 is 0 Å². The molecule has 1 fully saturated rings. The zero-order valence-corrected chi connectivity index (χ0v) is 14.0. The molecule has 1 aliphatic rings. The number of aromatic amines is 1.